The third-order valence-electron chi connectivity index (χ3n) is 2.30. The summed E-state index contributed by atoms with van der Waals surface area (Å²) in [6.07, 6.45) is 1.40. The van der Waals surface area contributed by atoms with E-state index in [4.69, 9.17) is 0 Å². The van der Waals surface area contributed by atoms with Crippen molar-refractivity contribution < 1.29 is 17.2 Å². The maximum Gasteiger partial charge on any atom is 0.245 e. The highest BCUT2D eigenvalue weighted by atomic mass is 79.9. The van der Waals surface area contributed by atoms with Crippen molar-refractivity contribution in [2.45, 2.75) is 11.4 Å². The molecule has 6 nitrogen and oxygen atoms in total. The summed E-state index contributed by atoms with van der Waals surface area (Å²) in [7, 11) is -2.53. The Balaban J connectivity index is 2.27. The Morgan fingerprint density at radius 2 is 2.10 bits per heavy atom. The molecule has 0 bridgehead atoms. The van der Waals surface area contributed by atoms with Crippen LogP contribution in [0.5, 0.6) is 0 Å². The number of halogens is 3. The van der Waals surface area contributed by atoms with Crippen LogP contribution in [-0.2, 0) is 23.6 Å². The predicted molar refractivity (Wildman–Crippen MR) is 69.1 cm³/mol. The van der Waals surface area contributed by atoms with E-state index in [1.165, 1.54) is 11.0 Å². The number of aromatic nitrogens is 3. The van der Waals surface area contributed by atoms with E-state index in [9.17, 15) is 17.2 Å². The van der Waals surface area contributed by atoms with Crippen LogP contribution in [0.15, 0.2) is 27.8 Å². The molecule has 0 aliphatic carbocycles. The van der Waals surface area contributed by atoms with Crippen molar-refractivity contribution in [1.29, 1.82) is 0 Å². The van der Waals surface area contributed by atoms with E-state index in [1.54, 1.807) is 7.05 Å². The third-order valence-corrected chi connectivity index (χ3v) is 4.66. The molecule has 0 unspecified atom stereocenters. The van der Waals surface area contributed by atoms with Crippen molar-refractivity contribution in [3.63, 3.8) is 0 Å². The topological polar surface area (TPSA) is 76.9 Å². The summed E-state index contributed by atoms with van der Waals surface area (Å²) in [5.74, 6) is -1.83. The first kappa shape index (κ1) is 15.0. The lowest BCUT2D eigenvalue weighted by Crippen LogP contribution is -2.25. The molecular formula is C10H9BrF2N4O2S. The van der Waals surface area contributed by atoms with Gasteiger partial charge < -0.3 is 0 Å². The van der Waals surface area contributed by atoms with Crippen molar-refractivity contribution in [3.05, 3.63) is 40.4 Å². The Kier molecular flexibility index (Phi) is 4.16. The lowest BCUT2D eigenvalue weighted by atomic mass is 10.3. The molecule has 0 spiro atoms. The van der Waals surface area contributed by atoms with Gasteiger partial charge in [0.2, 0.25) is 10.0 Å². The molecule has 1 aromatic carbocycles. The molecule has 108 valence electrons. The van der Waals surface area contributed by atoms with Crippen LogP contribution in [0, 0.1) is 11.6 Å². The van der Waals surface area contributed by atoms with E-state index >= 15 is 0 Å². The zero-order valence-corrected chi connectivity index (χ0v) is 12.5. The molecule has 10 heteroatoms. The predicted octanol–water partition coefficient (Wildman–Crippen LogP) is 1.33. The summed E-state index contributed by atoms with van der Waals surface area (Å²) in [4.78, 5) is 3.17. The fourth-order valence-electron chi connectivity index (χ4n) is 1.48. The molecule has 0 atom stereocenters. The zero-order valence-electron chi connectivity index (χ0n) is 10.1. The van der Waals surface area contributed by atoms with E-state index in [-0.39, 0.29) is 16.8 Å². The van der Waals surface area contributed by atoms with E-state index in [1.807, 2.05) is 0 Å². The minimum Gasteiger partial charge on any atom is -0.256 e. The average Bonchev–Trinajstić information content (AvgIpc) is 2.71. The fourth-order valence-corrected chi connectivity index (χ4v) is 3.62. The lowest BCUT2D eigenvalue weighted by Gasteiger charge is -2.08. The van der Waals surface area contributed by atoms with Gasteiger partial charge in [0.25, 0.3) is 0 Å². The van der Waals surface area contributed by atoms with Gasteiger partial charge in [-0.05, 0) is 22.0 Å². The van der Waals surface area contributed by atoms with Gasteiger partial charge in [-0.1, -0.05) is 0 Å². The Bertz CT molecular complexity index is 724. The van der Waals surface area contributed by atoms with Crippen LogP contribution < -0.4 is 4.72 Å². The highest BCUT2D eigenvalue weighted by Crippen LogP contribution is 2.26. The molecule has 0 amide bonds. The maximum absolute atomic E-state index is 13.6. The van der Waals surface area contributed by atoms with Gasteiger partial charge in [0.1, 0.15) is 22.9 Å². The van der Waals surface area contributed by atoms with Crippen molar-refractivity contribution in [1.82, 2.24) is 19.5 Å². The van der Waals surface area contributed by atoms with E-state index in [0.717, 1.165) is 6.07 Å². The maximum atomic E-state index is 13.6. The summed E-state index contributed by atoms with van der Waals surface area (Å²) >= 11 is 2.83. The first-order valence-electron chi connectivity index (χ1n) is 5.28. The molecule has 1 heterocycles. The Morgan fingerprint density at radius 3 is 2.65 bits per heavy atom. The van der Waals surface area contributed by atoms with Gasteiger partial charge in [-0.3, -0.25) is 4.68 Å². The molecule has 0 aliphatic heterocycles. The normalized spacial score (nSPS) is 11.8. The van der Waals surface area contributed by atoms with E-state index in [2.05, 4.69) is 30.7 Å². The lowest BCUT2D eigenvalue weighted by molar-refractivity contribution is 0.539. The van der Waals surface area contributed by atoms with Crippen LogP contribution in [0.4, 0.5) is 8.78 Å². The van der Waals surface area contributed by atoms with Gasteiger partial charge in [0.05, 0.1) is 6.54 Å². The van der Waals surface area contributed by atoms with Crippen LogP contribution in [0.25, 0.3) is 0 Å². The van der Waals surface area contributed by atoms with Crippen molar-refractivity contribution in [2.24, 2.45) is 7.05 Å². The number of nitrogens with one attached hydrogen (secondary N) is 1. The minimum absolute atomic E-state index is 0.198. The first-order chi connectivity index (χ1) is 9.29. The summed E-state index contributed by atoms with van der Waals surface area (Å²) in [6, 6.07) is 1.37. The Hall–Kier alpha value is -1.39. The minimum atomic E-state index is -4.16. The average molecular weight is 367 g/mol. The van der Waals surface area contributed by atoms with Gasteiger partial charge >= 0.3 is 0 Å². The van der Waals surface area contributed by atoms with Gasteiger partial charge in [-0.25, -0.2) is 26.9 Å². The van der Waals surface area contributed by atoms with Crippen LogP contribution in [0.2, 0.25) is 0 Å². The smallest absolute Gasteiger partial charge is 0.245 e. The first-order valence-corrected chi connectivity index (χ1v) is 7.56. The molecular weight excluding hydrogens is 358 g/mol. The van der Waals surface area contributed by atoms with Crippen molar-refractivity contribution >= 4 is 26.0 Å². The molecule has 0 saturated carbocycles. The van der Waals surface area contributed by atoms with Crippen LogP contribution in [-0.4, -0.2) is 23.2 Å². The van der Waals surface area contributed by atoms with E-state index in [0.29, 0.717) is 6.07 Å². The van der Waals surface area contributed by atoms with Crippen molar-refractivity contribution in [3.8, 4) is 0 Å². The molecule has 20 heavy (non-hydrogen) atoms. The number of rotatable bonds is 4. The molecule has 1 N–H and O–H groups in total. The molecule has 2 rings (SSSR count). The SMILES string of the molecule is Cn1cnc(CNS(=O)(=O)c2c(F)cc(F)cc2Br)n1. The number of hydrogen-bond donors (Lipinski definition) is 1. The standard InChI is InChI=1S/C10H9BrF2N4O2S/c1-17-5-14-9(16-17)4-15-20(18,19)10-7(11)2-6(12)3-8(10)13/h2-3,5,15H,4H2,1H3. The fraction of sp³-hybridized carbons (Fsp3) is 0.200. The second kappa shape index (κ2) is 5.54. The number of benzene rings is 1. The highest BCUT2D eigenvalue weighted by Gasteiger charge is 2.23. The molecule has 2 aromatic rings. The van der Waals surface area contributed by atoms with Gasteiger partial charge in [0, 0.05) is 17.6 Å². The largest absolute Gasteiger partial charge is 0.256 e. The number of aryl methyl sites for hydroxylation is 1. The molecule has 0 fully saturated rings. The van der Waals surface area contributed by atoms with Gasteiger partial charge in [0.15, 0.2) is 5.82 Å². The van der Waals surface area contributed by atoms with Crippen LogP contribution >= 0.6 is 15.9 Å². The summed E-state index contributed by atoms with van der Waals surface area (Å²) in [5, 5.41) is 3.88. The summed E-state index contributed by atoms with van der Waals surface area (Å²) < 4.78 is 53.9. The summed E-state index contributed by atoms with van der Waals surface area (Å²) in [6.45, 7) is -0.202. The second-order valence-electron chi connectivity index (χ2n) is 3.86. The molecule has 1 aromatic heterocycles. The molecule has 0 aliphatic rings. The van der Waals surface area contributed by atoms with Crippen LogP contribution in [0.1, 0.15) is 5.82 Å². The zero-order chi connectivity index (χ0) is 14.9. The van der Waals surface area contributed by atoms with E-state index < -0.39 is 26.6 Å². The number of nitrogens with zero attached hydrogens (tertiary/aromatic N) is 3. The van der Waals surface area contributed by atoms with Crippen molar-refractivity contribution in [2.75, 3.05) is 0 Å². The summed E-state index contributed by atoms with van der Waals surface area (Å²) in [5.41, 5.74) is 0. The Labute approximate surface area is 122 Å². The Morgan fingerprint density at radius 1 is 1.40 bits per heavy atom. The number of hydrogen-bond acceptors (Lipinski definition) is 4. The molecule has 0 radical (unpaired) electrons. The quantitative estimate of drug-likeness (QED) is 0.885. The third kappa shape index (κ3) is 3.19. The van der Waals surface area contributed by atoms with Crippen LogP contribution in [0.3, 0.4) is 0 Å². The molecule has 0 saturated heterocycles. The monoisotopic (exact) mass is 366 g/mol. The second-order valence-corrected chi connectivity index (χ2v) is 6.42. The van der Waals surface area contributed by atoms with Gasteiger partial charge in [-0.15, -0.1) is 0 Å². The highest BCUT2D eigenvalue weighted by molar-refractivity contribution is 9.10. The number of sulfonamides is 1. The van der Waals surface area contributed by atoms with Gasteiger partial charge in [-0.2, -0.15) is 5.10 Å².